The summed E-state index contributed by atoms with van der Waals surface area (Å²) in [6.07, 6.45) is 0. The Bertz CT molecular complexity index is 4260. The van der Waals surface area contributed by atoms with Crippen molar-refractivity contribution in [2.24, 2.45) is 0 Å². The highest BCUT2D eigenvalue weighted by Gasteiger charge is 2.20. The van der Waals surface area contributed by atoms with Gasteiger partial charge in [0.05, 0.1) is 22.1 Å². The maximum absolute atomic E-state index is 6.83. The molecule has 0 bridgehead atoms. The largest absolute Gasteiger partial charge is 0.452 e. The van der Waals surface area contributed by atoms with Gasteiger partial charge in [-0.3, -0.25) is 0 Å². The van der Waals surface area contributed by atoms with Crippen LogP contribution in [0.2, 0.25) is 0 Å². The lowest BCUT2D eigenvalue weighted by molar-refractivity contribution is 0.633. The highest BCUT2D eigenvalue weighted by atomic mass is 16.4. The van der Waals surface area contributed by atoms with Crippen LogP contribution in [-0.4, -0.2) is 9.13 Å². The average Bonchev–Trinajstić information content (AvgIpc) is 4.18. The molecule has 0 radical (unpaired) electrons. The molecule has 15 aromatic rings. The number of benzene rings is 11. The first-order chi connectivity index (χ1) is 34.7. The fourth-order valence-electron chi connectivity index (χ4n) is 11.2. The molecule has 0 spiro atoms. The lowest BCUT2D eigenvalue weighted by Gasteiger charge is -2.08. The molecule has 4 nitrogen and oxygen atoms in total. The third-order valence-corrected chi connectivity index (χ3v) is 14.5. The number of nitrogens with zero attached hydrogens (tertiary/aromatic N) is 2. The number of hydrogen-bond donors (Lipinski definition) is 0. The molecule has 15 rings (SSSR count). The van der Waals surface area contributed by atoms with Gasteiger partial charge in [0.25, 0.3) is 0 Å². The summed E-state index contributed by atoms with van der Waals surface area (Å²) in [5, 5.41) is 9.06. The molecule has 4 heterocycles. The molecule has 4 aromatic heterocycles. The second-order valence-corrected chi connectivity index (χ2v) is 18.4. The van der Waals surface area contributed by atoms with Crippen LogP contribution in [0.3, 0.4) is 0 Å². The second kappa shape index (κ2) is 15.1. The summed E-state index contributed by atoms with van der Waals surface area (Å²) in [6, 6.07) is 87.4. The van der Waals surface area contributed by atoms with Crippen LogP contribution in [0.4, 0.5) is 0 Å². The summed E-state index contributed by atoms with van der Waals surface area (Å²) < 4.78 is 18.4. The quantitative estimate of drug-likeness (QED) is 0.167. The molecule has 0 unspecified atom stereocenters. The summed E-state index contributed by atoms with van der Waals surface area (Å²) in [7, 11) is 0. The molecule has 0 aliphatic heterocycles. The Hall–Kier alpha value is -9.38. The van der Waals surface area contributed by atoms with Crippen molar-refractivity contribution in [3.05, 3.63) is 243 Å². The number of fused-ring (bicyclic) bond motifs is 13. The molecule has 0 aliphatic carbocycles. The van der Waals surface area contributed by atoms with Crippen molar-refractivity contribution in [1.29, 1.82) is 0 Å². The van der Waals surface area contributed by atoms with Gasteiger partial charge in [-0.15, -0.1) is 0 Å². The van der Waals surface area contributed by atoms with Gasteiger partial charge in [-0.2, -0.15) is 0 Å². The van der Waals surface area contributed by atoms with E-state index in [4.69, 9.17) is 8.83 Å². The topological polar surface area (TPSA) is 36.1 Å². The first kappa shape index (κ1) is 38.7. The molecule has 326 valence electrons. The van der Waals surface area contributed by atoms with Crippen LogP contribution in [0.1, 0.15) is 0 Å². The lowest BCUT2D eigenvalue weighted by Crippen LogP contribution is -1.93. The van der Waals surface area contributed by atoms with Gasteiger partial charge in [-0.1, -0.05) is 133 Å². The maximum Gasteiger partial charge on any atom is 0.178 e. The zero-order valence-electron chi connectivity index (χ0n) is 37.8. The standard InChI is InChI=1S/C66H40N2O2/c1-5-13-41(14-6-1)43-23-31-59-55(35-43)57-37-45(25-33-61(57)67(59)49-17-9-3-10-18-49)47-21-27-51-53-29-30-54-52-28-22-48(40-64(52)70-66(54)65(53)69-63(51)39-47)46-26-34-62-58(38-46)56-36-44(42-15-7-2-8-16-42)24-32-60(56)68(62)50-19-11-4-12-20-50/h1-40H. The Morgan fingerprint density at radius 1 is 0.214 bits per heavy atom. The molecule has 11 aromatic carbocycles. The van der Waals surface area contributed by atoms with Gasteiger partial charge in [-0.25, -0.2) is 0 Å². The molecule has 70 heavy (non-hydrogen) atoms. The molecule has 4 heteroatoms. The highest BCUT2D eigenvalue weighted by Crippen LogP contribution is 2.43. The van der Waals surface area contributed by atoms with Crippen molar-refractivity contribution in [3.8, 4) is 55.9 Å². The number of aromatic nitrogens is 2. The normalized spacial score (nSPS) is 12.0. The molecule has 0 fully saturated rings. The van der Waals surface area contributed by atoms with Crippen molar-refractivity contribution >= 4 is 87.5 Å². The van der Waals surface area contributed by atoms with E-state index in [1.807, 2.05) is 0 Å². The Kier molecular flexibility index (Phi) is 8.33. The van der Waals surface area contributed by atoms with Crippen LogP contribution in [-0.2, 0) is 0 Å². The van der Waals surface area contributed by atoms with Crippen LogP contribution in [0.25, 0.3) is 143 Å². The lowest BCUT2D eigenvalue weighted by atomic mass is 9.99. The van der Waals surface area contributed by atoms with Gasteiger partial charge in [0.15, 0.2) is 11.2 Å². The van der Waals surface area contributed by atoms with E-state index in [1.54, 1.807) is 0 Å². The Morgan fingerprint density at radius 3 is 0.857 bits per heavy atom. The van der Waals surface area contributed by atoms with E-state index in [-0.39, 0.29) is 0 Å². The van der Waals surface area contributed by atoms with E-state index in [0.717, 1.165) is 77.5 Å². The Morgan fingerprint density at radius 2 is 0.500 bits per heavy atom. The highest BCUT2D eigenvalue weighted by molar-refractivity contribution is 6.20. The zero-order chi connectivity index (χ0) is 45.9. The number of rotatable bonds is 6. The van der Waals surface area contributed by atoms with Gasteiger partial charge < -0.3 is 18.0 Å². The van der Waals surface area contributed by atoms with E-state index >= 15 is 0 Å². The van der Waals surface area contributed by atoms with E-state index in [9.17, 15) is 0 Å². The molecular formula is C66H40N2O2. The molecular weight excluding hydrogens is 853 g/mol. The third-order valence-electron chi connectivity index (χ3n) is 14.5. The minimum atomic E-state index is 0.765. The smallest absolute Gasteiger partial charge is 0.178 e. The first-order valence-electron chi connectivity index (χ1n) is 23.9. The molecule has 0 saturated carbocycles. The summed E-state index contributed by atoms with van der Waals surface area (Å²) in [4.78, 5) is 0. The van der Waals surface area contributed by atoms with Gasteiger partial charge in [0.1, 0.15) is 11.2 Å². The van der Waals surface area contributed by atoms with Crippen LogP contribution in [0.5, 0.6) is 0 Å². The predicted octanol–water partition coefficient (Wildman–Crippen LogP) is 18.3. The minimum absolute atomic E-state index is 0.765. The fraction of sp³-hybridized carbons (Fsp3) is 0. The zero-order valence-corrected chi connectivity index (χ0v) is 37.8. The van der Waals surface area contributed by atoms with Crippen molar-refractivity contribution in [2.45, 2.75) is 0 Å². The summed E-state index contributed by atoms with van der Waals surface area (Å²) in [6.45, 7) is 0. The minimum Gasteiger partial charge on any atom is -0.452 e. The summed E-state index contributed by atoms with van der Waals surface area (Å²) in [5.74, 6) is 0. The SMILES string of the molecule is c1ccc(-c2ccc3c(c2)c2cc(-c4ccc5c(c4)oc4c5ccc5c6ccc(-c7ccc8c(c7)c7cc(-c9ccccc9)ccc7n8-c7ccccc7)cc6oc54)ccc2n3-c2ccccc2)cc1. The Labute approximate surface area is 402 Å². The van der Waals surface area contributed by atoms with E-state index in [1.165, 1.54) is 65.9 Å². The molecule has 0 amide bonds. The molecule has 0 N–H and O–H groups in total. The van der Waals surface area contributed by atoms with E-state index in [0.29, 0.717) is 0 Å². The number of para-hydroxylation sites is 2. The van der Waals surface area contributed by atoms with Crippen LogP contribution < -0.4 is 0 Å². The Balaban J connectivity index is 0.834. The number of furan rings is 2. The van der Waals surface area contributed by atoms with Crippen molar-refractivity contribution < 1.29 is 8.83 Å². The fourth-order valence-corrected chi connectivity index (χ4v) is 11.2. The van der Waals surface area contributed by atoms with Crippen LogP contribution >= 0.6 is 0 Å². The summed E-state index contributed by atoms with van der Waals surface area (Å²) in [5.41, 5.74) is 19.4. The van der Waals surface area contributed by atoms with Gasteiger partial charge in [0.2, 0.25) is 0 Å². The van der Waals surface area contributed by atoms with Gasteiger partial charge in [0, 0.05) is 54.5 Å². The predicted molar refractivity (Wildman–Crippen MR) is 291 cm³/mol. The third kappa shape index (κ3) is 5.90. The maximum atomic E-state index is 6.83. The van der Waals surface area contributed by atoms with Crippen molar-refractivity contribution in [3.63, 3.8) is 0 Å². The second-order valence-electron chi connectivity index (χ2n) is 18.4. The average molecular weight is 893 g/mol. The first-order valence-corrected chi connectivity index (χ1v) is 23.9. The molecule has 0 aliphatic rings. The van der Waals surface area contributed by atoms with Gasteiger partial charge >= 0.3 is 0 Å². The molecule has 0 saturated heterocycles. The summed E-state index contributed by atoms with van der Waals surface area (Å²) >= 11 is 0. The van der Waals surface area contributed by atoms with E-state index < -0.39 is 0 Å². The van der Waals surface area contributed by atoms with Crippen molar-refractivity contribution in [2.75, 3.05) is 0 Å². The van der Waals surface area contributed by atoms with Gasteiger partial charge in [-0.05, 0) is 154 Å². The molecule has 0 atom stereocenters. The van der Waals surface area contributed by atoms with E-state index in [2.05, 4.69) is 252 Å². The van der Waals surface area contributed by atoms with Crippen molar-refractivity contribution in [1.82, 2.24) is 9.13 Å². The number of hydrogen-bond acceptors (Lipinski definition) is 2. The monoisotopic (exact) mass is 892 g/mol. The van der Waals surface area contributed by atoms with Crippen LogP contribution in [0, 0.1) is 0 Å². The van der Waals surface area contributed by atoms with Crippen LogP contribution in [0.15, 0.2) is 251 Å².